The van der Waals surface area contributed by atoms with E-state index in [1.807, 2.05) is 51.1 Å². The molecule has 0 aliphatic carbocycles. The maximum absolute atomic E-state index is 8.93. The minimum atomic E-state index is 0.117. The zero-order valence-electron chi connectivity index (χ0n) is 14.2. The number of H-pyrrole nitrogens is 1. The SMILES string of the molecule is C=C/C=C(\C=C/C)C(CCC#N)c1[nH]nc2ccccc12.CC. The number of rotatable bonds is 6. The first kappa shape index (κ1) is 18.4. The predicted octanol–water partition coefficient (Wildman–Crippen LogP) is 5.66. The quantitative estimate of drug-likeness (QED) is 0.699. The van der Waals surface area contributed by atoms with Gasteiger partial charge in [0.1, 0.15) is 0 Å². The number of nitrogens with one attached hydrogen (secondary N) is 1. The summed E-state index contributed by atoms with van der Waals surface area (Å²) in [6.45, 7) is 9.78. The van der Waals surface area contributed by atoms with E-state index >= 15 is 0 Å². The Hall–Kier alpha value is -2.60. The van der Waals surface area contributed by atoms with Crippen molar-refractivity contribution in [2.24, 2.45) is 0 Å². The van der Waals surface area contributed by atoms with Gasteiger partial charge in [0.2, 0.25) is 0 Å². The summed E-state index contributed by atoms with van der Waals surface area (Å²) < 4.78 is 0. The smallest absolute Gasteiger partial charge is 0.0923 e. The van der Waals surface area contributed by atoms with Crippen LogP contribution < -0.4 is 0 Å². The van der Waals surface area contributed by atoms with Crippen molar-refractivity contribution in [3.05, 3.63) is 66.4 Å². The molecule has 0 fully saturated rings. The van der Waals surface area contributed by atoms with Crippen LogP contribution in [0.3, 0.4) is 0 Å². The largest absolute Gasteiger partial charge is 0.281 e. The van der Waals surface area contributed by atoms with Crippen molar-refractivity contribution in [2.75, 3.05) is 0 Å². The van der Waals surface area contributed by atoms with Gasteiger partial charge in [-0.3, -0.25) is 5.10 Å². The molecule has 0 aliphatic rings. The molecule has 2 aromatic rings. The Labute approximate surface area is 139 Å². The molecule has 1 aromatic heterocycles. The summed E-state index contributed by atoms with van der Waals surface area (Å²) in [6, 6.07) is 10.3. The molecule has 1 heterocycles. The highest BCUT2D eigenvalue weighted by atomic mass is 15.1. The Kier molecular flexibility index (Phi) is 8.17. The fourth-order valence-electron chi connectivity index (χ4n) is 2.55. The van der Waals surface area contributed by atoms with Crippen molar-refractivity contribution in [3.63, 3.8) is 0 Å². The Morgan fingerprint density at radius 3 is 2.78 bits per heavy atom. The summed E-state index contributed by atoms with van der Waals surface area (Å²) in [6.07, 6.45) is 9.12. The van der Waals surface area contributed by atoms with Crippen LogP contribution in [0.1, 0.15) is 45.2 Å². The molecule has 3 heteroatoms. The van der Waals surface area contributed by atoms with E-state index in [1.54, 1.807) is 6.08 Å². The van der Waals surface area contributed by atoms with Crippen LogP contribution in [0, 0.1) is 11.3 Å². The summed E-state index contributed by atoms with van der Waals surface area (Å²) in [7, 11) is 0. The lowest BCUT2D eigenvalue weighted by Gasteiger charge is -2.16. The Morgan fingerprint density at radius 1 is 1.39 bits per heavy atom. The van der Waals surface area contributed by atoms with Gasteiger partial charge in [-0.1, -0.05) is 62.9 Å². The molecule has 0 saturated heterocycles. The third-order valence-electron chi connectivity index (χ3n) is 3.46. The molecule has 0 aliphatic heterocycles. The number of aromatic amines is 1. The van der Waals surface area contributed by atoms with Crippen molar-refractivity contribution in [1.82, 2.24) is 10.2 Å². The standard InChI is InChI=1S/C18H19N3.C2H6/c1-3-8-14(9-4-2)15(11-7-13-19)18-16-10-5-6-12-17(16)20-21-18;1-2/h3-6,8-10,12,15H,1,7,11H2,2H3,(H,20,21);1-2H3/b9-4-,14-8+;. The Balaban J connectivity index is 0.00000127. The van der Waals surface area contributed by atoms with E-state index in [0.29, 0.717) is 6.42 Å². The zero-order chi connectivity index (χ0) is 17.1. The number of nitriles is 1. The van der Waals surface area contributed by atoms with Crippen LogP contribution in [0.5, 0.6) is 0 Å². The molecule has 0 amide bonds. The third-order valence-corrected chi connectivity index (χ3v) is 3.46. The fraction of sp³-hybridized carbons (Fsp3) is 0.300. The molecule has 1 unspecified atom stereocenters. The molecule has 23 heavy (non-hydrogen) atoms. The molecule has 1 atom stereocenters. The van der Waals surface area contributed by atoms with Crippen molar-refractivity contribution in [1.29, 1.82) is 5.26 Å². The molecular weight excluding hydrogens is 282 g/mol. The van der Waals surface area contributed by atoms with Gasteiger partial charge in [0.15, 0.2) is 0 Å². The molecule has 0 radical (unpaired) electrons. The maximum atomic E-state index is 8.93. The second kappa shape index (κ2) is 10.2. The molecule has 120 valence electrons. The van der Waals surface area contributed by atoms with E-state index in [2.05, 4.69) is 35.0 Å². The first-order chi connectivity index (χ1) is 11.3. The van der Waals surface area contributed by atoms with Crippen LogP contribution in [0.15, 0.2) is 60.7 Å². The number of fused-ring (bicyclic) bond motifs is 1. The number of allylic oxidation sites excluding steroid dienone is 5. The average Bonchev–Trinajstić information content (AvgIpc) is 3.01. The van der Waals surface area contributed by atoms with Gasteiger partial charge in [-0.05, 0) is 25.0 Å². The third kappa shape index (κ3) is 4.69. The van der Waals surface area contributed by atoms with Crippen LogP contribution in [0.2, 0.25) is 0 Å². The van der Waals surface area contributed by atoms with E-state index in [0.717, 1.165) is 28.6 Å². The highest BCUT2D eigenvalue weighted by Crippen LogP contribution is 2.33. The van der Waals surface area contributed by atoms with E-state index in [9.17, 15) is 0 Å². The Bertz CT molecular complexity index is 714. The summed E-state index contributed by atoms with van der Waals surface area (Å²) >= 11 is 0. The van der Waals surface area contributed by atoms with Gasteiger partial charge in [0, 0.05) is 17.7 Å². The monoisotopic (exact) mass is 307 g/mol. The second-order valence-electron chi connectivity index (χ2n) is 4.81. The first-order valence-electron chi connectivity index (χ1n) is 8.07. The van der Waals surface area contributed by atoms with Gasteiger partial charge < -0.3 is 0 Å². The average molecular weight is 307 g/mol. The second-order valence-corrected chi connectivity index (χ2v) is 4.81. The summed E-state index contributed by atoms with van der Waals surface area (Å²) in [5.41, 5.74) is 3.15. The maximum Gasteiger partial charge on any atom is 0.0923 e. The fourth-order valence-corrected chi connectivity index (χ4v) is 2.55. The topological polar surface area (TPSA) is 52.5 Å². The van der Waals surface area contributed by atoms with Crippen LogP contribution in [0.25, 0.3) is 10.9 Å². The highest BCUT2D eigenvalue weighted by molar-refractivity contribution is 5.82. The van der Waals surface area contributed by atoms with Gasteiger partial charge in [0.25, 0.3) is 0 Å². The summed E-state index contributed by atoms with van der Waals surface area (Å²) in [4.78, 5) is 0. The minimum Gasteiger partial charge on any atom is -0.281 e. The van der Waals surface area contributed by atoms with Crippen molar-refractivity contribution >= 4 is 10.9 Å². The summed E-state index contributed by atoms with van der Waals surface area (Å²) in [5, 5.41) is 17.6. The van der Waals surface area contributed by atoms with Gasteiger partial charge in [0.05, 0.1) is 17.3 Å². The lowest BCUT2D eigenvalue weighted by molar-refractivity contribution is 0.710. The van der Waals surface area contributed by atoms with Crippen LogP contribution in [0.4, 0.5) is 0 Å². The number of nitrogens with zero attached hydrogens (tertiary/aromatic N) is 2. The van der Waals surface area contributed by atoms with Gasteiger partial charge >= 0.3 is 0 Å². The molecule has 0 saturated carbocycles. The molecule has 2 rings (SSSR count). The van der Waals surface area contributed by atoms with E-state index in [-0.39, 0.29) is 5.92 Å². The molecule has 0 spiro atoms. The van der Waals surface area contributed by atoms with Crippen LogP contribution in [-0.2, 0) is 0 Å². The molecule has 3 nitrogen and oxygen atoms in total. The van der Waals surface area contributed by atoms with E-state index in [4.69, 9.17) is 5.26 Å². The number of para-hydroxylation sites is 1. The van der Waals surface area contributed by atoms with Crippen LogP contribution >= 0.6 is 0 Å². The minimum absolute atomic E-state index is 0.117. The molecule has 1 aromatic carbocycles. The predicted molar refractivity (Wildman–Crippen MR) is 98.1 cm³/mol. The van der Waals surface area contributed by atoms with Crippen molar-refractivity contribution < 1.29 is 0 Å². The lowest BCUT2D eigenvalue weighted by Crippen LogP contribution is -2.03. The van der Waals surface area contributed by atoms with E-state index in [1.165, 1.54) is 0 Å². The van der Waals surface area contributed by atoms with Crippen molar-refractivity contribution in [3.8, 4) is 6.07 Å². The Morgan fingerprint density at radius 2 is 2.13 bits per heavy atom. The number of aromatic nitrogens is 2. The summed E-state index contributed by atoms with van der Waals surface area (Å²) in [5.74, 6) is 0.117. The number of hydrogen-bond donors (Lipinski definition) is 1. The number of benzene rings is 1. The molecule has 1 N–H and O–H groups in total. The lowest BCUT2D eigenvalue weighted by atomic mass is 9.88. The van der Waals surface area contributed by atoms with Crippen LogP contribution in [-0.4, -0.2) is 10.2 Å². The van der Waals surface area contributed by atoms with E-state index < -0.39 is 0 Å². The van der Waals surface area contributed by atoms with Gasteiger partial charge in [-0.25, -0.2) is 0 Å². The normalized spacial score (nSPS) is 12.5. The van der Waals surface area contributed by atoms with Gasteiger partial charge in [-0.2, -0.15) is 10.4 Å². The molecule has 0 bridgehead atoms. The first-order valence-corrected chi connectivity index (χ1v) is 8.07. The highest BCUT2D eigenvalue weighted by Gasteiger charge is 2.19. The number of hydrogen-bond acceptors (Lipinski definition) is 2. The zero-order valence-corrected chi connectivity index (χ0v) is 14.2. The van der Waals surface area contributed by atoms with Gasteiger partial charge in [-0.15, -0.1) is 0 Å². The molecular formula is C20H25N3. The van der Waals surface area contributed by atoms with Crippen molar-refractivity contribution in [2.45, 2.75) is 39.5 Å².